The molecule has 4 N–H and O–H groups in total. The molecule has 0 aromatic carbocycles. The van der Waals surface area contributed by atoms with Gasteiger partial charge in [0, 0.05) is 44.8 Å². The normalized spacial score (nSPS) is 48.6. The van der Waals surface area contributed by atoms with Crippen LogP contribution in [0.5, 0.6) is 0 Å². The van der Waals surface area contributed by atoms with Crippen molar-refractivity contribution in [3.63, 3.8) is 0 Å². The van der Waals surface area contributed by atoms with Gasteiger partial charge in [-0.05, 0) is 18.1 Å². The number of hydrogen-bond acceptors (Lipinski definition) is 7. The SMILES string of the molecule is CCC(=O)O[C@@]12[C@H](O)[C@@H](C)[C@@]3(O)C(C=C(CO)C[C@]4(O)C(=O)C(C)=CC34)[C@@H]1C2(C)C.[HH].[HH]. The minimum atomic E-state index is -1.88. The van der Waals surface area contributed by atoms with Crippen LogP contribution < -0.4 is 0 Å². The van der Waals surface area contributed by atoms with E-state index in [1.54, 1.807) is 32.9 Å². The molecule has 0 aromatic rings. The van der Waals surface area contributed by atoms with Gasteiger partial charge in [0.05, 0.1) is 18.3 Å². The number of carbonyl (C=O) groups excluding carboxylic acids is 2. The van der Waals surface area contributed by atoms with Gasteiger partial charge in [-0.15, -0.1) is 0 Å². The molecule has 30 heavy (non-hydrogen) atoms. The molecule has 0 radical (unpaired) electrons. The Labute approximate surface area is 179 Å². The van der Waals surface area contributed by atoms with Crippen LogP contribution in [0.25, 0.3) is 0 Å². The van der Waals surface area contributed by atoms with Crippen molar-refractivity contribution in [3.8, 4) is 0 Å². The Balaban J connectivity index is 0.00000181. The van der Waals surface area contributed by atoms with Crippen molar-refractivity contribution in [2.45, 2.75) is 70.4 Å². The molecule has 0 spiro atoms. The summed E-state index contributed by atoms with van der Waals surface area (Å²) in [6, 6.07) is 0. The zero-order chi connectivity index (χ0) is 22.4. The van der Waals surface area contributed by atoms with Crippen molar-refractivity contribution < 1.29 is 37.6 Å². The number of aliphatic hydroxyl groups excluding tert-OH is 2. The number of ether oxygens (including phenoxy) is 1. The number of hydrogen-bond donors (Lipinski definition) is 4. The summed E-state index contributed by atoms with van der Waals surface area (Å²) < 4.78 is 5.85. The molecule has 2 saturated carbocycles. The Morgan fingerprint density at radius 2 is 1.93 bits per heavy atom. The number of esters is 1. The summed E-state index contributed by atoms with van der Waals surface area (Å²) in [5, 5.41) is 44.9. The maximum Gasteiger partial charge on any atom is 0.306 e. The van der Waals surface area contributed by atoms with Crippen molar-refractivity contribution in [3.05, 3.63) is 23.3 Å². The Bertz CT molecular complexity index is 884. The molecule has 0 heterocycles. The van der Waals surface area contributed by atoms with E-state index in [1.165, 1.54) is 0 Å². The van der Waals surface area contributed by atoms with Crippen LogP contribution in [0.3, 0.4) is 0 Å². The first kappa shape index (κ1) is 21.7. The first-order chi connectivity index (χ1) is 13.8. The van der Waals surface area contributed by atoms with Gasteiger partial charge in [-0.1, -0.05) is 39.8 Å². The lowest BCUT2D eigenvalue weighted by molar-refractivity contribution is -0.219. The molecule has 2 unspecified atom stereocenters. The van der Waals surface area contributed by atoms with E-state index in [9.17, 15) is 30.0 Å². The second-order valence-corrected chi connectivity index (χ2v) is 10.2. The molecule has 2 fully saturated rings. The van der Waals surface area contributed by atoms with Crippen molar-refractivity contribution in [2.75, 3.05) is 6.61 Å². The first-order valence-corrected chi connectivity index (χ1v) is 10.7. The van der Waals surface area contributed by atoms with Gasteiger partial charge >= 0.3 is 5.97 Å². The number of ketones is 1. The molecule has 4 rings (SSSR count). The predicted molar refractivity (Wildman–Crippen MR) is 111 cm³/mol. The molecule has 4 aliphatic carbocycles. The summed E-state index contributed by atoms with van der Waals surface area (Å²) in [7, 11) is 0. The van der Waals surface area contributed by atoms with Crippen molar-refractivity contribution in [1.29, 1.82) is 0 Å². The molecule has 0 aromatic heterocycles. The molecule has 7 nitrogen and oxygen atoms in total. The van der Waals surface area contributed by atoms with Gasteiger partial charge in [0.2, 0.25) is 0 Å². The summed E-state index contributed by atoms with van der Waals surface area (Å²) in [4.78, 5) is 25.1. The Hall–Kier alpha value is -1.54. The van der Waals surface area contributed by atoms with Crippen molar-refractivity contribution in [2.24, 2.45) is 29.1 Å². The van der Waals surface area contributed by atoms with E-state index >= 15 is 0 Å². The van der Waals surface area contributed by atoms with E-state index in [0.717, 1.165) is 0 Å². The van der Waals surface area contributed by atoms with Crippen LogP contribution in [0, 0.1) is 29.1 Å². The first-order valence-electron chi connectivity index (χ1n) is 10.7. The standard InChI is InChI=1S/C23H32O7.2H2/c1-6-16(25)30-23-17(20(23,4)5)14-8-13(10-24)9-21(28)15(7-11(2)18(21)26)22(14,29)12(3)19(23)27;;/h7-8,12,14-15,17,19,24,27-29H,6,9-10H2,1-5H3;2*1H/t12-,14?,15?,17-,19-,21-,22-,23-;;/m1../s1. The predicted octanol–water partition coefficient (Wildman–Crippen LogP) is 1.38. The summed E-state index contributed by atoms with van der Waals surface area (Å²) in [6.07, 6.45) is 2.25. The zero-order valence-electron chi connectivity index (χ0n) is 18.2. The van der Waals surface area contributed by atoms with E-state index in [1.807, 2.05) is 13.8 Å². The van der Waals surface area contributed by atoms with Crippen molar-refractivity contribution >= 4 is 11.8 Å². The zero-order valence-corrected chi connectivity index (χ0v) is 18.2. The van der Waals surface area contributed by atoms with E-state index in [0.29, 0.717) is 11.1 Å². The lowest BCUT2D eigenvalue weighted by Gasteiger charge is -2.52. The molecular formula is C23H36O7. The van der Waals surface area contributed by atoms with Crippen LogP contribution in [0.1, 0.15) is 50.3 Å². The highest BCUT2D eigenvalue weighted by Crippen LogP contribution is 2.76. The molecule has 7 heteroatoms. The highest BCUT2D eigenvalue weighted by Gasteiger charge is 2.86. The molecule has 0 amide bonds. The Morgan fingerprint density at radius 1 is 1.30 bits per heavy atom. The van der Waals surface area contributed by atoms with Crippen LogP contribution in [0.4, 0.5) is 0 Å². The van der Waals surface area contributed by atoms with Gasteiger partial charge in [0.1, 0.15) is 11.2 Å². The fourth-order valence-electron chi connectivity index (χ4n) is 6.93. The average molecular weight is 425 g/mol. The minimum absolute atomic E-state index is 0. The maximum absolute atomic E-state index is 12.9. The van der Waals surface area contributed by atoms with Gasteiger partial charge in [-0.25, -0.2) is 0 Å². The van der Waals surface area contributed by atoms with Gasteiger partial charge in [-0.2, -0.15) is 0 Å². The second kappa shape index (κ2) is 6.25. The molecule has 4 aliphatic rings. The summed E-state index contributed by atoms with van der Waals surface area (Å²) in [5.74, 6) is -3.68. The van der Waals surface area contributed by atoms with Crippen LogP contribution >= 0.6 is 0 Å². The summed E-state index contributed by atoms with van der Waals surface area (Å²) in [5.41, 5.74) is -4.52. The fraction of sp³-hybridized carbons (Fsp3) is 0.739. The number of carbonyl (C=O) groups is 2. The highest BCUT2D eigenvalue weighted by molar-refractivity contribution is 6.04. The van der Waals surface area contributed by atoms with E-state index in [4.69, 9.17) is 4.74 Å². The van der Waals surface area contributed by atoms with Gasteiger partial charge in [0.25, 0.3) is 0 Å². The van der Waals surface area contributed by atoms with Gasteiger partial charge in [-0.3, -0.25) is 9.59 Å². The monoisotopic (exact) mass is 424 g/mol. The van der Waals surface area contributed by atoms with E-state index in [-0.39, 0.29) is 22.3 Å². The smallest absolute Gasteiger partial charge is 0.306 e. The van der Waals surface area contributed by atoms with Crippen LogP contribution in [0.2, 0.25) is 0 Å². The third kappa shape index (κ3) is 2.24. The van der Waals surface area contributed by atoms with Crippen molar-refractivity contribution in [1.82, 2.24) is 0 Å². The fourth-order valence-corrected chi connectivity index (χ4v) is 6.93. The molecule has 170 valence electrons. The number of rotatable bonds is 3. The molecular weight excluding hydrogens is 388 g/mol. The third-order valence-corrected chi connectivity index (χ3v) is 8.57. The van der Waals surface area contributed by atoms with Crippen LogP contribution in [-0.4, -0.2) is 61.7 Å². The van der Waals surface area contributed by atoms with E-state index in [2.05, 4.69) is 0 Å². The lowest BCUT2D eigenvalue weighted by atomic mass is 9.59. The van der Waals surface area contributed by atoms with Gasteiger partial charge in [0.15, 0.2) is 5.78 Å². The number of aliphatic hydroxyl groups is 4. The van der Waals surface area contributed by atoms with Gasteiger partial charge < -0.3 is 25.2 Å². The topological polar surface area (TPSA) is 124 Å². The third-order valence-electron chi connectivity index (χ3n) is 8.57. The largest absolute Gasteiger partial charge is 0.455 e. The van der Waals surface area contributed by atoms with Crippen LogP contribution in [-0.2, 0) is 14.3 Å². The number of fused-ring (bicyclic) bond motifs is 5. The number of Topliss-reactive ketones (excluding diaryl/α,β-unsaturated/α-hetero) is 1. The highest BCUT2D eigenvalue weighted by atomic mass is 16.6. The van der Waals surface area contributed by atoms with E-state index < -0.39 is 63.7 Å². The quantitative estimate of drug-likeness (QED) is 0.398. The Kier molecular flexibility index (Phi) is 4.52. The second-order valence-electron chi connectivity index (χ2n) is 10.2. The molecule has 0 saturated heterocycles. The minimum Gasteiger partial charge on any atom is -0.455 e. The Morgan fingerprint density at radius 3 is 2.50 bits per heavy atom. The summed E-state index contributed by atoms with van der Waals surface area (Å²) >= 11 is 0. The summed E-state index contributed by atoms with van der Waals surface area (Å²) in [6.45, 7) is 8.40. The lowest BCUT2D eigenvalue weighted by Crippen LogP contribution is -2.65. The molecule has 8 atom stereocenters. The van der Waals surface area contributed by atoms with Crippen LogP contribution in [0.15, 0.2) is 23.3 Å². The molecule has 0 bridgehead atoms. The average Bonchev–Trinajstić information content (AvgIpc) is 3.12. The maximum atomic E-state index is 12.9. The molecule has 0 aliphatic heterocycles.